The van der Waals surface area contributed by atoms with E-state index in [9.17, 15) is 13.2 Å². The van der Waals surface area contributed by atoms with Gasteiger partial charge in [-0.05, 0) is 24.2 Å². The SMILES string of the molecule is CC1(C)[C@H]2CC[C@]1(CS(=O)(=O)NC1CC[NH+](Cc3ccccc3)CC1)C(=O)C2. The number of Topliss-reactive ketones (excluding diaryl/α,β-unsaturated/α-hetero) is 1. The zero-order valence-corrected chi connectivity index (χ0v) is 17.9. The summed E-state index contributed by atoms with van der Waals surface area (Å²) >= 11 is 0. The van der Waals surface area contributed by atoms with Crippen LogP contribution in [-0.2, 0) is 21.4 Å². The van der Waals surface area contributed by atoms with Gasteiger partial charge in [-0.3, -0.25) is 4.79 Å². The van der Waals surface area contributed by atoms with Crippen molar-refractivity contribution >= 4 is 15.8 Å². The van der Waals surface area contributed by atoms with Crippen LogP contribution in [0.2, 0.25) is 0 Å². The van der Waals surface area contributed by atoms with Gasteiger partial charge in [0.1, 0.15) is 12.3 Å². The maximum Gasteiger partial charge on any atom is 0.212 e. The minimum absolute atomic E-state index is 0.00209. The van der Waals surface area contributed by atoms with Crippen LogP contribution in [0.4, 0.5) is 0 Å². The second-order valence-corrected chi connectivity index (χ2v) is 11.5. The molecule has 154 valence electrons. The molecule has 0 unspecified atom stereocenters. The molecule has 6 heteroatoms. The molecule has 2 bridgehead atoms. The molecule has 3 aliphatic rings. The lowest BCUT2D eigenvalue weighted by molar-refractivity contribution is -0.918. The van der Waals surface area contributed by atoms with Crippen LogP contribution in [0.15, 0.2) is 30.3 Å². The van der Waals surface area contributed by atoms with Crippen molar-refractivity contribution in [3.05, 3.63) is 35.9 Å². The Morgan fingerprint density at radius 2 is 1.79 bits per heavy atom. The molecule has 2 N–H and O–H groups in total. The van der Waals surface area contributed by atoms with Gasteiger partial charge in [0, 0.05) is 36.3 Å². The highest BCUT2D eigenvalue weighted by Crippen LogP contribution is 2.64. The van der Waals surface area contributed by atoms with E-state index in [1.165, 1.54) is 10.5 Å². The molecule has 2 aliphatic carbocycles. The van der Waals surface area contributed by atoms with E-state index in [0.29, 0.717) is 12.3 Å². The van der Waals surface area contributed by atoms with Gasteiger partial charge in [-0.2, -0.15) is 0 Å². The third kappa shape index (κ3) is 3.55. The predicted octanol–water partition coefficient (Wildman–Crippen LogP) is 1.55. The minimum Gasteiger partial charge on any atom is -0.331 e. The molecule has 4 rings (SSSR count). The van der Waals surface area contributed by atoms with E-state index in [2.05, 4.69) is 42.8 Å². The number of rotatable bonds is 6. The van der Waals surface area contributed by atoms with Crippen molar-refractivity contribution in [2.45, 2.75) is 58.5 Å². The zero-order chi connectivity index (χ0) is 20.0. The Morgan fingerprint density at radius 1 is 1.11 bits per heavy atom. The van der Waals surface area contributed by atoms with Crippen molar-refractivity contribution in [3.63, 3.8) is 0 Å². The lowest BCUT2D eigenvalue weighted by atomic mass is 9.70. The Balaban J connectivity index is 1.34. The van der Waals surface area contributed by atoms with Crippen molar-refractivity contribution in [2.75, 3.05) is 18.8 Å². The Morgan fingerprint density at radius 3 is 2.36 bits per heavy atom. The molecule has 3 fully saturated rings. The third-order valence-corrected chi connectivity index (χ3v) is 9.48. The van der Waals surface area contributed by atoms with Gasteiger partial charge in [0.15, 0.2) is 0 Å². The predicted molar refractivity (Wildman–Crippen MR) is 109 cm³/mol. The highest BCUT2D eigenvalue weighted by molar-refractivity contribution is 7.89. The summed E-state index contributed by atoms with van der Waals surface area (Å²) < 4.78 is 28.9. The van der Waals surface area contributed by atoms with Crippen molar-refractivity contribution in [1.82, 2.24) is 4.72 Å². The molecule has 1 heterocycles. The Labute approximate surface area is 168 Å². The Kier molecular flexibility index (Phi) is 5.17. The van der Waals surface area contributed by atoms with Gasteiger partial charge in [0.05, 0.1) is 18.8 Å². The molecule has 28 heavy (non-hydrogen) atoms. The summed E-state index contributed by atoms with van der Waals surface area (Å²) in [5.41, 5.74) is 0.443. The van der Waals surface area contributed by atoms with Crippen molar-refractivity contribution in [3.8, 4) is 0 Å². The number of carbonyl (C=O) groups excluding carboxylic acids is 1. The molecular weight excluding hydrogens is 372 g/mol. The van der Waals surface area contributed by atoms with Crippen LogP contribution in [0.5, 0.6) is 0 Å². The quantitative estimate of drug-likeness (QED) is 0.755. The van der Waals surface area contributed by atoms with E-state index >= 15 is 0 Å². The fourth-order valence-electron chi connectivity index (χ4n) is 5.93. The average molecular weight is 406 g/mol. The van der Waals surface area contributed by atoms with Crippen LogP contribution in [0.3, 0.4) is 0 Å². The van der Waals surface area contributed by atoms with Crippen molar-refractivity contribution in [2.24, 2.45) is 16.7 Å². The van der Waals surface area contributed by atoms with E-state index in [0.717, 1.165) is 45.3 Å². The van der Waals surface area contributed by atoms with Gasteiger partial charge < -0.3 is 4.90 Å². The largest absolute Gasteiger partial charge is 0.331 e. The lowest BCUT2D eigenvalue weighted by Crippen LogP contribution is -3.12. The monoisotopic (exact) mass is 405 g/mol. The molecule has 0 aromatic heterocycles. The van der Waals surface area contributed by atoms with E-state index in [1.54, 1.807) is 0 Å². The van der Waals surface area contributed by atoms with Gasteiger partial charge in [0.25, 0.3) is 0 Å². The molecule has 0 spiro atoms. The molecular formula is C22H33N2O3S+. The molecule has 0 amide bonds. The van der Waals surface area contributed by atoms with Gasteiger partial charge in [-0.15, -0.1) is 0 Å². The number of carbonyl (C=O) groups is 1. The van der Waals surface area contributed by atoms with E-state index in [-0.39, 0.29) is 23.0 Å². The first-order valence-electron chi connectivity index (χ1n) is 10.6. The van der Waals surface area contributed by atoms with Crippen LogP contribution in [0.1, 0.15) is 51.5 Å². The topological polar surface area (TPSA) is 67.7 Å². The number of piperidine rings is 1. The number of ketones is 1. The van der Waals surface area contributed by atoms with Crippen molar-refractivity contribution in [1.29, 1.82) is 0 Å². The number of hydrogen-bond acceptors (Lipinski definition) is 3. The van der Waals surface area contributed by atoms with Crippen molar-refractivity contribution < 1.29 is 18.1 Å². The summed E-state index contributed by atoms with van der Waals surface area (Å²) in [6, 6.07) is 10.5. The second kappa shape index (κ2) is 7.22. The second-order valence-electron chi connectivity index (χ2n) is 9.73. The number of hydrogen-bond donors (Lipinski definition) is 2. The van der Waals surface area contributed by atoms with Crippen LogP contribution >= 0.6 is 0 Å². The van der Waals surface area contributed by atoms with Crippen LogP contribution in [0.25, 0.3) is 0 Å². The summed E-state index contributed by atoms with van der Waals surface area (Å²) in [6.45, 7) is 7.12. The molecule has 1 saturated heterocycles. The summed E-state index contributed by atoms with van der Waals surface area (Å²) in [5.74, 6) is 0.487. The summed E-state index contributed by atoms with van der Waals surface area (Å²) in [6.07, 6.45) is 3.98. The van der Waals surface area contributed by atoms with Crippen LogP contribution in [0, 0.1) is 16.7 Å². The summed E-state index contributed by atoms with van der Waals surface area (Å²) in [4.78, 5) is 14.2. The van der Waals surface area contributed by atoms with Gasteiger partial charge in [-0.25, -0.2) is 13.1 Å². The molecule has 2 saturated carbocycles. The van der Waals surface area contributed by atoms with Crippen LogP contribution in [-0.4, -0.2) is 39.1 Å². The van der Waals surface area contributed by atoms with Gasteiger partial charge in [0.2, 0.25) is 10.0 Å². The van der Waals surface area contributed by atoms with E-state index in [4.69, 9.17) is 0 Å². The highest BCUT2D eigenvalue weighted by Gasteiger charge is 2.65. The summed E-state index contributed by atoms with van der Waals surface area (Å²) in [5, 5.41) is 0. The fraction of sp³-hybridized carbons (Fsp3) is 0.682. The molecule has 0 radical (unpaired) electrons. The number of sulfonamides is 1. The first-order chi connectivity index (χ1) is 13.2. The minimum atomic E-state index is -3.47. The smallest absolute Gasteiger partial charge is 0.212 e. The maximum absolute atomic E-state index is 13.0. The normalized spacial score (nSPS) is 34.6. The molecule has 5 nitrogen and oxygen atoms in total. The number of benzene rings is 1. The van der Waals surface area contributed by atoms with E-state index < -0.39 is 15.4 Å². The molecule has 1 aliphatic heterocycles. The van der Waals surface area contributed by atoms with Crippen LogP contribution < -0.4 is 9.62 Å². The fourth-order valence-corrected chi connectivity index (χ4v) is 8.09. The highest BCUT2D eigenvalue weighted by atomic mass is 32.2. The summed E-state index contributed by atoms with van der Waals surface area (Å²) in [7, 11) is -3.47. The first-order valence-corrected chi connectivity index (χ1v) is 12.3. The lowest BCUT2D eigenvalue weighted by Gasteiger charge is -2.37. The molecule has 1 aromatic rings. The average Bonchev–Trinajstić information content (AvgIpc) is 2.98. The zero-order valence-electron chi connectivity index (χ0n) is 17.0. The molecule has 1 aromatic carbocycles. The number of nitrogens with one attached hydrogen (secondary N) is 2. The number of likely N-dealkylation sites (tertiary alicyclic amines) is 1. The maximum atomic E-state index is 13.0. The van der Waals surface area contributed by atoms with Gasteiger partial charge in [-0.1, -0.05) is 44.2 Å². The number of fused-ring (bicyclic) bond motifs is 2. The Bertz CT molecular complexity index is 829. The number of quaternary nitrogens is 1. The third-order valence-electron chi connectivity index (χ3n) is 7.91. The standard InChI is InChI=1S/C22H32N2O3S/c1-21(2)18-8-11-22(21,20(25)14-18)16-28(26,27)23-19-9-12-24(13-10-19)15-17-6-4-3-5-7-17/h3-7,18-19,23H,8-16H2,1-2H3/p+1/t18-,22-/m0/s1. The Hall–Kier alpha value is -1.24. The van der Waals surface area contributed by atoms with Gasteiger partial charge >= 0.3 is 0 Å². The molecule has 2 atom stereocenters. The first kappa shape index (κ1) is 20.0. The van der Waals surface area contributed by atoms with E-state index in [1.807, 2.05) is 6.07 Å².